The summed E-state index contributed by atoms with van der Waals surface area (Å²) in [5, 5.41) is 16.5. The maximum atomic E-state index is 11.5. The van der Waals surface area contributed by atoms with Crippen LogP contribution < -0.4 is 21.3 Å². The normalized spacial score (nSPS) is 23.8. The van der Waals surface area contributed by atoms with Gasteiger partial charge in [0.15, 0.2) is 5.76 Å². The minimum Gasteiger partial charge on any atom is -0.424 e. The Bertz CT molecular complexity index is 1280. The Kier molecular flexibility index (Phi) is 7.06. The van der Waals surface area contributed by atoms with Crippen LogP contribution in [0.3, 0.4) is 0 Å². The number of hydrogen-bond acceptors (Lipinski definition) is 9. The van der Waals surface area contributed by atoms with Gasteiger partial charge in [-0.15, -0.1) is 0 Å². The van der Waals surface area contributed by atoms with Gasteiger partial charge < -0.3 is 25.7 Å². The number of carbonyl (C=O) groups is 1. The van der Waals surface area contributed by atoms with Gasteiger partial charge in [0.25, 0.3) is 6.01 Å². The van der Waals surface area contributed by atoms with Crippen molar-refractivity contribution in [3.8, 4) is 17.4 Å². The lowest BCUT2D eigenvalue weighted by molar-refractivity contribution is 0.100. The monoisotopic (exact) mass is 500 g/mol. The Morgan fingerprint density at radius 3 is 2.70 bits per heavy atom. The number of nitrogens with two attached hydrogens (primary N) is 1. The lowest BCUT2D eigenvalue weighted by Crippen LogP contribution is -2.61. The topological polar surface area (TPSA) is 146 Å². The van der Waals surface area contributed by atoms with E-state index in [0.717, 1.165) is 50.8 Å². The molecule has 1 aliphatic carbocycles. The number of carbonyl (C=O) groups excluding carboxylic acids is 1. The van der Waals surface area contributed by atoms with E-state index in [2.05, 4.69) is 43.5 Å². The summed E-state index contributed by atoms with van der Waals surface area (Å²) in [5.74, 6) is 0.775. The number of anilines is 2. The zero-order valence-corrected chi connectivity index (χ0v) is 21.0. The Morgan fingerprint density at radius 1 is 1.16 bits per heavy atom. The van der Waals surface area contributed by atoms with Crippen LogP contribution in [0.15, 0.2) is 47.3 Å². The number of hydrogen-bond donors (Lipinski definition) is 3. The number of nitriles is 1. The van der Waals surface area contributed by atoms with Crippen LogP contribution in [-0.2, 0) is 0 Å². The number of aromatic nitrogens is 3. The van der Waals surface area contributed by atoms with Crippen LogP contribution in [0, 0.1) is 11.3 Å². The Hall–Kier alpha value is -3.97. The van der Waals surface area contributed by atoms with E-state index in [4.69, 9.17) is 15.4 Å². The highest BCUT2D eigenvalue weighted by Gasteiger charge is 2.37. The van der Waals surface area contributed by atoms with Gasteiger partial charge in [-0.3, -0.25) is 4.79 Å². The Morgan fingerprint density at radius 2 is 1.95 bits per heavy atom. The SMILES string of the molecule is C[C@]1(N[C@@H]2CCCC[C@H]2Nc2ncc(-c3cccc(C(N)=O)c3)o2)CCCN(c2ncc(C#N)cn2)C1. The number of nitrogens with one attached hydrogen (secondary N) is 2. The lowest BCUT2D eigenvalue weighted by atomic mass is 9.85. The van der Waals surface area contributed by atoms with Crippen LogP contribution in [-0.4, -0.2) is 51.6 Å². The molecular weight excluding hydrogens is 468 g/mol. The van der Waals surface area contributed by atoms with Crippen LogP contribution >= 0.6 is 0 Å². The van der Waals surface area contributed by atoms with Crippen molar-refractivity contribution in [1.29, 1.82) is 5.26 Å². The number of primary amides is 1. The zero-order chi connectivity index (χ0) is 25.8. The third kappa shape index (κ3) is 5.73. The molecule has 5 rings (SSSR count). The van der Waals surface area contributed by atoms with Gasteiger partial charge in [0.1, 0.15) is 6.07 Å². The second-order valence-corrected chi connectivity index (χ2v) is 10.2. The highest BCUT2D eigenvalue weighted by Crippen LogP contribution is 2.30. The average Bonchev–Trinajstić information content (AvgIpc) is 3.38. The second-order valence-electron chi connectivity index (χ2n) is 10.2. The van der Waals surface area contributed by atoms with Crippen molar-refractivity contribution in [1.82, 2.24) is 20.3 Å². The van der Waals surface area contributed by atoms with Gasteiger partial charge in [-0.05, 0) is 44.7 Å². The number of piperidine rings is 1. The van der Waals surface area contributed by atoms with Crippen molar-refractivity contribution in [2.45, 2.75) is 63.1 Å². The summed E-state index contributed by atoms with van der Waals surface area (Å²) in [6.45, 7) is 3.95. The first-order valence-corrected chi connectivity index (χ1v) is 12.8. The van der Waals surface area contributed by atoms with Crippen molar-refractivity contribution in [2.75, 3.05) is 23.3 Å². The summed E-state index contributed by atoms with van der Waals surface area (Å²) in [6.07, 6.45) is 11.3. The zero-order valence-electron chi connectivity index (χ0n) is 21.0. The molecule has 3 atom stereocenters. The summed E-state index contributed by atoms with van der Waals surface area (Å²) < 4.78 is 6.01. The molecule has 4 N–H and O–H groups in total. The fourth-order valence-electron chi connectivity index (χ4n) is 5.45. The predicted molar refractivity (Wildman–Crippen MR) is 140 cm³/mol. The summed E-state index contributed by atoms with van der Waals surface area (Å²) >= 11 is 0. The smallest absolute Gasteiger partial charge is 0.295 e. The van der Waals surface area contributed by atoms with Gasteiger partial charge in [0.05, 0.1) is 24.2 Å². The summed E-state index contributed by atoms with van der Waals surface area (Å²) in [7, 11) is 0. The van der Waals surface area contributed by atoms with Crippen LogP contribution in [0.1, 0.15) is 61.4 Å². The van der Waals surface area contributed by atoms with E-state index in [9.17, 15) is 4.79 Å². The predicted octanol–water partition coefficient (Wildman–Crippen LogP) is 3.47. The van der Waals surface area contributed by atoms with Gasteiger partial charge in [-0.1, -0.05) is 25.0 Å². The van der Waals surface area contributed by atoms with Gasteiger partial charge in [0, 0.05) is 41.8 Å². The molecule has 0 bridgehead atoms. The summed E-state index contributed by atoms with van der Waals surface area (Å²) in [6, 6.07) is 10.0. The van der Waals surface area contributed by atoms with Crippen molar-refractivity contribution in [3.63, 3.8) is 0 Å². The van der Waals surface area contributed by atoms with Gasteiger partial charge in [0.2, 0.25) is 11.9 Å². The maximum Gasteiger partial charge on any atom is 0.295 e. The van der Waals surface area contributed by atoms with Crippen LogP contribution in [0.2, 0.25) is 0 Å². The molecule has 2 fully saturated rings. The molecule has 10 heteroatoms. The summed E-state index contributed by atoms with van der Waals surface area (Å²) in [5.41, 5.74) is 6.97. The standard InChI is InChI=1S/C27H32N8O2/c1-27(10-5-11-35(17-27)25-30-14-18(13-28)15-31-25)34-22-9-3-2-8-21(22)33-26-32-16-23(37-26)19-6-4-7-20(12-19)24(29)36/h4,6-7,12,14-16,21-22,34H,2-3,5,8-11,17H2,1H3,(H2,29,36)(H,32,33)/t21-,22-,27+/m1/s1. The number of oxazole rings is 1. The molecule has 0 spiro atoms. The number of rotatable bonds is 7. The molecule has 3 heterocycles. The van der Waals surface area contributed by atoms with E-state index in [1.54, 1.807) is 36.8 Å². The van der Waals surface area contributed by atoms with Gasteiger partial charge >= 0.3 is 0 Å². The van der Waals surface area contributed by atoms with Gasteiger partial charge in [-0.25, -0.2) is 15.0 Å². The lowest BCUT2D eigenvalue weighted by Gasteiger charge is -2.45. The van der Waals surface area contributed by atoms with Crippen LogP contribution in [0.25, 0.3) is 11.3 Å². The molecule has 2 aromatic heterocycles. The molecule has 192 valence electrons. The van der Waals surface area contributed by atoms with E-state index in [-0.39, 0.29) is 17.6 Å². The molecular formula is C27H32N8O2. The van der Waals surface area contributed by atoms with Crippen molar-refractivity contribution in [3.05, 3.63) is 54.0 Å². The molecule has 1 saturated heterocycles. The third-order valence-corrected chi connectivity index (χ3v) is 7.29. The molecule has 3 aromatic rings. The van der Waals surface area contributed by atoms with Crippen molar-refractivity contribution in [2.24, 2.45) is 5.73 Å². The third-order valence-electron chi connectivity index (χ3n) is 7.29. The van der Waals surface area contributed by atoms with E-state index in [1.165, 1.54) is 6.42 Å². The first kappa shape index (κ1) is 24.7. The largest absolute Gasteiger partial charge is 0.424 e. The van der Waals surface area contributed by atoms with Crippen molar-refractivity contribution >= 4 is 17.9 Å². The second kappa shape index (κ2) is 10.6. The molecule has 37 heavy (non-hydrogen) atoms. The van der Waals surface area contributed by atoms with Crippen molar-refractivity contribution < 1.29 is 9.21 Å². The number of amides is 1. The number of benzene rings is 1. The van der Waals surface area contributed by atoms with E-state index >= 15 is 0 Å². The Balaban J connectivity index is 1.26. The minimum atomic E-state index is -0.476. The summed E-state index contributed by atoms with van der Waals surface area (Å²) in [4.78, 5) is 27.0. The fourth-order valence-corrected chi connectivity index (χ4v) is 5.45. The molecule has 2 aliphatic rings. The minimum absolute atomic E-state index is 0.103. The quantitative estimate of drug-likeness (QED) is 0.444. The molecule has 10 nitrogen and oxygen atoms in total. The highest BCUT2D eigenvalue weighted by atomic mass is 16.4. The molecule has 1 amide bonds. The maximum absolute atomic E-state index is 11.5. The van der Waals surface area contributed by atoms with E-state index in [0.29, 0.717) is 28.9 Å². The van der Waals surface area contributed by atoms with Crippen LogP contribution in [0.5, 0.6) is 0 Å². The first-order valence-electron chi connectivity index (χ1n) is 12.8. The Labute approximate surface area is 216 Å². The van der Waals surface area contributed by atoms with Crippen LogP contribution in [0.4, 0.5) is 12.0 Å². The fraction of sp³-hybridized carbons (Fsp3) is 0.444. The average molecular weight is 501 g/mol. The van der Waals surface area contributed by atoms with E-state index in [1.807, 2.05) is 6.07 Å². The number of nitrogens with zero attached hydrogens (tertiary/aromatic N) is 5. The first-order chi connectivity index (χ1) is 17.9. The molecule has 1 aromatic carbocycles. The molecule has 0 radical (unpaired) electrons. The van der Waals surface area contributed by atoms with E-state index < -0.39 is 5.91 Å². The molecule has 0 unspecified atom stereocenters. The molecule has 1 aliphatic heterocycles. The van der Waals surface area contributed by atoms with Gasteiger partial charge in [-0.2, -0.15) is 5.26 Å². The highest BCUT2D eigenvalue weighted by molar-refractivity contribution is 5.93. The molecule has 1 saturated carbocycles.